The molecule has 1 heterocycles. The zero-order chi connectivity index (χ0) is 11.6. The van der Waals surface area contributed by atoms with E-state index in [4.69, 9.17) is 0 Å². The highest BCUT2D eigenvalue weighted by molar-refractivity contribution is 7.99. The van der Waals surface area contributed by atoms with Crippen molar-refractivity contribution in [3.05, 3.63) is 0 Å². The number of thioether (sulfide) groups is 2. The fraction of sp³-hybridized carbons (Fsp3) is 1.00. The summed E-state index contributed by atoms with van der Waals surface area (Å²) in [5.41, 5.74) is 0.536. The maximum absolute atomic E-state index is 3.93. The molecule has 1 aliphatic heterocycles. The highest BCUT2D eigenvalue weighted by Crippen LogP contribution is 2.35. The van der Waals surface area contributed by atoms with Crippen LogP contribution < -0.4 is 5.32 Å². The van der Waals surface area contributed by atoms with E-state index in [0.717, 1.165) is 17.3 Å². The first-order valence-corrected chi connectivity index (χ1v) is 8.91. The molecule has 0 aromatic heterocycles. The van der Waals surface area contributed by atoms with Gasteiger partial charge in [-0.2, -0.15) is 23.5 Å². The van der Waals surface area contributed by atoms with E-state index in [1.54, 1.807) is 0 Å². The molecule has 1 saturated carbocycles. The second kappa shape index (κ2) is 5.53. The minimum atomic E-state index is 0.536. The van der Waals surface area contributed by atoms with Crippen LogP contribution in [0.4, 0.5) is 0 Å². The van der Waals surface area contributed by atoms with Gasteiger partial charge in [0, 0.05) is 23.1 Å². The molecule has 0 aromatic rings. The molecule has 0 amide bonds. The fourth-order valence-electron chi connectivity index (χ4n) is 3.07. The molecule has 0 spiro atoms. The van der Waals surface area contributed by atoms with E-state index in [0.29, 0.717) is 5.41 Å². The predicted molar refractivity (Wildman–Crippen MR) is 77.6 cm³/mol. The summed E-state index contributed by atoms with van der Waals surface area (Å²) < 4.78 is 0. The average Bonchev–Trinajstić information content (AvgIpc) is 2.63. The molecule has 0 bridgehead atoms. The van der Waals surface area contributed by atoms with Crippen molar-refractivity contribution in [2.45, 2.75) is 56.9 Å². The van der Waals surface area contributed by atoms with Crippen LogP contribution in [0, 0.1) is 5.41 Å². The van der Waals surface area contributed by atoms with Gasteiger partial charge in [-0.25, -0.2) is 0 Å². The number of nitrogens with one attached hydrogen (secondary N) is 1. The van der Waals surface area contributed by atoms with Crippen LogP contribution in [0.15, 0.2) is 0 Å². The molecule has 16 heavy (non-hydrogen) atoms. The minimum Gasteiger partial charge on any atom is -0.309 e. The van der Waals surface area contributed by atoms with Gasteiger partial charge < -0.3 is 5.32 Å². The Morgan fingerprint density at radius 3 is 2.81 bits per heavy atom. The van der Waals surface area contributed by atoms with Gasteiger partial charge in [0.15, 0.2) is 0 Å². The standard InChI is InChI=1S/C13H25NS2/c1-13(2)7-10(8-16-9-13)14-11-5-4-6-12(11)15-3/h10-12,14H,4-9H2,1-3H3. The number of hydrogen-bond donors (Lipinski definition) is 1. The zero-order valence-electron chi connectivity index (χ0n) is 10.8. The minimum absolute atomic E-state index is 0.536. The van der Waals surface area contributed by atoms with Gasteiger partial charge in [0.05, 0.1) is 0 Å². The second-order valence-electron chi connectivity index (χ2n) is 6.06. The van der Waals surface area contributed by atoms with Crippen molar-refractivity contribution < 1.29 is 0 Å². The summed E-state index contributed by atoms with van der Waals surface area (Å²) in [6.07, 6.45) is 7.86. The van der Waals surface area contributed by atoms with Gasteiger partial charge in [-0.05, 0) is 36.7 Å². The summed E-state index contributed by atoms with van der Waals surface area (Å²) in [5.74, 6) is 2.66. The molecule has 2 aliphatic rings. The molecular formula is C13H25NS2. The largest absolute Gasteiger partial charge is 0.309 e. The van der Waals surface area contributed by atoms with Crippen molar-refractivity contribution in [1.82, 2.24) is 5.32 Å². The third kappa shape index (κ3) is 3.33. The summed E-state index contributed by atoms with van der Waals surface area (Å²) in [5, 5.41) is 4.80. The number of hydrogen-bond acceptors (Lipinski definition) is 3. The van der Waals surface area contributed by atoms with Crippen LogP contribution in [-0.2, 0) is 0 Å². The molecule has 0 radical (unpaired) electrons. The lowest BCUT2D eigenvalue weighted by Crippen LogP contribution is -2.47. The molecule has 3 heteroatoms. The van der Waals surface area contributed by atoms with Crippen molar-refractivity contribution in [3.8, 4) is 0 Å². The molecule has 94 valence electrons. The Hall–Kier alpha value is 0.660. The average molecular weight is 259 g/mol. The molecular weight excluding hydrogens is 234 g/mol. The lowest BCUT2D eigenvalue weighted by Gasteiger charge is -2.37. The smallest absolute Gasteiger partial charge is 0.0198 e. The fourth-order valence-corrected chi connectivity index (χ4v) is 5.30. The van der Waals surface area contributed by atoms with E-state index in [1.807, 2.05) is 0 Å². The Kier molecular flexibility index (Phi) is 4.53. The second-order valence-corrected chi connectivity index (χ2v) is 8.17. The van der Waals surface area contributed by atoms with Gasteiger partial charge in [-0.3, -0.25) is 0 Å². The Morgan fingerprint density at radius 1 is 1.31 bits per heavy atom. The highest BCUT2D eigenvalue weighted by atomic mass is 32.2. The summed E-state index contributed by atoms with van der Waals surface area (Å²) in [6.45, 7) is 4.82. The molecule has 2 rings (SSSR count). The van der Waals surface area contributed by atoms with Crippen LogP contribution in [0.5, 0.6) is 0 Å². The maximum atomic E-state index is 3.93. The molecule has 2 fully saturated rings. The van der Waals surface area contributed by atoms with E-state index >= 15 is 0 Å². The van der Waals surface area contributed by atoms with Crippen molar-refractivity contribution >= 4 is 23.5 Å². The van der Waals surface area contributed by atoms with E-state index in [-0.39, 0.29) is 0 Å². The van der Waals surface area contributed by atoms with Crippen molar-refractivity contribution in [1.29, 1.82) is 0 Å². The van der Waals surface area contributed by atoms with Crippen LogP contribution in [0.3, 0.4) is 0 Å². The molecule has 1 saturated heterocycles. The lowest BCUT2D eigenvalue weighted by atomic mass is 9.87. The van der Waals surface area contributed by atoms with Crippen LogP contribution in [0.2, 0.25) is 0 Å². The van der Waals surface area contributed by atoms with Gasteiger partial charge >= 0.3 is 0 Å². The van der Waals surface area contributed by atoms with Gasteiger partial charge in [-0.15, -0.1) is 0 Å². The van der Waals surface area contributed by atoms with Crippen LogP contribution in [0.25, 0.3) is 0 Å². The van der Waals surface area contributed by atoms with E-state index in [1.165, 1.54) is 37.2 Å². The topological polar surface area (TPSA) is 12.0 Å². The molecule has 3 unspecified atom stereocenters. The van der Waals surface area contributed by atoms with E-state index < -0.39 is 0 Å². The summed E-state index contributed by atoms with van der Waals surface area (Å²) in [4.78, 5) is 0. The van der Waals surface area contributed by atoms with Gasteiger partial charge in [-0.1, -0.05) is 20.3 Å². The molecule has 1 nitrogen and oxygen atoms in total. The third-order valence-corrected chi connectivity index (χ3v) is 6.61. The molecule has 3 atom stereocenters. The van der Waals surface area contributed by atoms with Crippen molar-refractivity contribution in [2.75, 3.05) is 17.8 Å². The molecule has 1 N–H and O–H groups in total. The van der Waals surface area contributed by atoms with Crippen LogP contribution in [0.1, 0.15) is 39.5 Å². The Morgan fingerprint density at radius 2 is 2.12 bits per heavy atom. The first-order chi connectivity index (χ1) is 7.61. The number of rotatable bonds is 3. The maximum Gasteiger partial charge on any atom is 0.0198 e. The van der Waals surface area contributed by atoms with Crippen LogP contribution >= 0.6 is 23.5 Å². The normalized spacial score (nSPS) is 38.8. The Labute approximate surface area is 109 Å². The van der Waals surface area contributed by atoms with Crippen molar-refractivity contribution in [3.63, 3.8) is 0 Å². The summed E-state index contributed by atoms with van der Waals surface area (Å²) in [6, 6.07) is 1.54. The Bertz CT molecular complexity index is 230. The summed E-state index contributed by atoms with van der Waals surface area (Å²) in [7, 11) is 0. The zero-order valence-corrected chi connectivity index (χ0v) is 12.4. The first kappa shape index (κ1) is 13.1. The van der Waals surface area contributed by atoms with E-state index in [9.17, 15) is 0 Å². The van der Waals surface area contributed by atoms with Gasteiger partial charge in [0.2, 0.25) is 0 Å². The summed E-state index contributed by atoms with van der Waals surface area (Å²) >= 11 is 4.19. The van der Waals surface area contributed by atoms with Gasteiger partial charge in [0.1, 0.15) is 0 Å². The third-order valence-electron chi connectivity index (χ3n) is 3.82. The quantitative estimate of drug-likeness (QED) is 0.834. The van der Waals surface area contributed by atoms with Crippen molar-refractivity contribution in [2.24, 2.45) is 5.41 Å². The van der Waals surface area contributed by atoms with E-state index in [2.05, 4.69) is 48.9 Å². The highest BCUT2D eigenvalue weighted by Gasteiger charge is 2.33. The first-order valence-electron chi connectivity index (χ1n) is 6.47. The monoisotopic (exact) mass is 259 g/mol. The molecule has 1 aliphatic carbocycles. The lowest BCUT2D eigenvalue weighted by molar-refractivity contribution is 0.301. The van der Waals surface area contributed by atoms with Crippen LogP contribution in [-0.4, -0.2) is 35.1 Å². The molecule has 0 aromatic carbocycles. The Balaban J connectivity index is 1.84. The SMILES string of the molecule is CSC1CCCC1NC1CSCC(C)(C)C1. The predicted octanol–water partition coefficient (Wildman–Crippen LogP) is 3.39. The van der Waals surface area contributed by atoms with Gasteiger partial charge in [0.25, 0.3) is 0 Å².